The number of nitrogens with one attached hydrogen (secondary N) is 1. The number of amides is 2. The number of nitrogens with zero attached hydrogens (tertiary/aromatic N) is 3. The number of primary amides is 1. The predicted molar refractivity (Wildman–Crippen MR) is 111 cm³/mol. The van der Waals surface area contributed by atoms with E-state index in [1.807, 2.05) is 48.9 Å². The number of carbonyl (C=O) groups excluding carboxylic acids is 2. The second kappa shape index (κ2) is 9.24. The summed E-state index contributed by atoms with van der Waals surface area (Å²) in [5.41, 5.74) is 6.18. The Morgan fingerprint density at radius 1 is 1.14 bits per heavy atom. The number of ether oxygens (including phenoxy) is 1. The lowest BCUT2D eigenvalue weighted by Crippen LogP contribution is -2.15. The number of thioether (sulfide) groups is 1. The van der Waals surface area contributed by atoms with Crippen molar-refractivity contribution in [2.24, 2.45) is 12.8 Å². The van der Waals surface area contributed by atoms with Crippen LogP contribution in [0.2, 0.25) is 0 Å². The molecule has 2 amide bonds. The van der Waals surface area contributed by atoms with Crippen molar-refractivity contribution in [3.8, 4) is 5.75 Å². The molecule has 1 unspecified atom stereocenters. The fourth-order valence-corrected chi connectivity index (χ4v) is 3.32. The van der Waals surface area contributed by atoms with Crippen molar-refractivity contribution in [3.05, 3.63) is 66.0 Å². The van der Waals surface area contributed by atoms with Gasteiger partial charge in [0, 0.05) is 18.3 Å². The van der Waals surface area contributed by atoms with Crippen molar-refractivity contribution in [1.29, 1.82) is 0 Å². The molecule has 2 aromatic carbocycles. The molecule has 0 bridgehead atoms. The van der Waals surface area contributed by atoms with Gasteiger partial charge in [-0.25, -0.2) is 0 Å². The first kappa shape index (κ1) is 20.4. The highest BCUT2D eigenvalue weighted by Gasteiger charge is 2.18. The third-order valence-corrected chi connectivity index (χ3v) is 5.09. The van der Waals surface area contributed by atoms with E-state index in [-0.39, 0.29) is 17.8 Å². The highest BCUT2D eigenvalue weighted by Crippen LogP contribution is 2.23. The lowest BCUT2D eigenvalue weighted by atomic mass is 10.2. The van der Waals surface area contributed by atoms with Gasteiger partial charge in [0.05, 0.1) is 5.75 Å². The molecule has 150 valence electrons. The van der Waals surface area contributed by atoms with E-state index in [0.717, 1.165) is 5.75 Å². The largest absolute Gasteiger partial charge is 0.483 e. The standard InChI is InChI=1S/C20H21N5O3S/c1-13(28-16-6-4-3-5-7-16)19-23-24-20(25(19)2)29-12-17(26)22-15-10-8-14(9-11-15)18(21)27/h3-11,13H,12H2,1-2H3,(H2,21,27)(H,22,26). The van der Waals surface area contributed by atoms with Gasteiger partial charge in [0.2, 0.25) is 11.8 Å². The Bertz CT molecular complexity index is 989. The van der Waals surface area contributed by atoms with E-state index in [9.17, 15) is 9.59 Å². The first-order valence-corrected chi connectivity index (χ1v) is 9.86. The van der Waals surface area contributed by atoms with Crippen molar-refractivity contribution >= 4 is 29.3 Å². The Labute approximate surface area is 172 Å². The molecular weight excluding hydrogens is 390 g/mol. The molecule has 0 aliphatic carbocycles. The van der Waals surface area contributed by atoms with Gasteiger partial charge in [-0.2, -0.15) is 0 Å². The fraction of sp³-hybridized carbons (Fsp3) is 0.200. The molecule has 0 aliphatic rings. The topological polar surface area (TPSA) is 112 Å². The summed E-state index contributed by atoms with van der Waals surface area (Å²) in [7, 11) is 1.84. The second-order valence-electron chi connectivity index (χ2n) is 6.25. The average molecular weight is 411 g/mol. The Balaban J connectivity index is 1.55. The van der Waals surface area contributed by atoms with Crippen LogP contribution in [-0.2, 0) is 11.8 Å². The monoisotopic (exact) mass is 411 g/mol. The van der Waals surface area contributed by atoms with E-state index < -0.39 is 5.91 Å². The number of anilines is 1. The van der Waals surface area contributed by atoms with Gasteiger partial charge in [-0.05, 0) is 43.3 Å². The molecule has 0 saturated heterocycles. The number of benzene rings is 2. The van der Waals surface area contributed by atoms with Gasteiger partial charge in [0.1, 0.15) is 5.75 Å². The number of hydrogen-bond donors (Lipinski definition) is 2. The van der Waals surface area contributed by atoms with Crippen LogP contribution in [-0.4, -0.2) is 32.3 Å². The van der Waals surface area contributed by atoms with Gasteiger partial charge in [0.15, 0.2) is 17.1 Å². The molecule has 3 rings (SSSR count). The van der Waals surface area contributed by atoms with Crippen molar-refractivity contribution in [2.45, 2.75) is 18.2 Å². The number of carbonyl (C=O) groups is 2. The minimum absolute atomic E-state index is 0.164. The summed E-state index contributed by atoms with van der Waals surface area (Å²) in [6.45, 7) is 1.90. The molecule has 9 heteroatoms. The molecule has 3 aromatic rings. The van der Waals surface area contributed by atoms with Crippen LogP contribution < -0.4 is 15.8 Å². The molecule has 0 radical (unpaired) electrons. The zero-order chi connectivity index (χ0) is 20.8. The number of hydrogen-bond acceptors (Lipinski definition) is 6. The smallest absolute Gasteiger partial charge is 0.248 e. The van der Waals surface area contributed by atoms with E-state index in [0.29, 0.717) is 22.2 Å². The van der Waals surface area contributed by atoms with Crippen LogP contribution in [0.5, 0.6) is 5.75 Å². The molecule has 3 N–H and O–H groups in total. The molecule has 8 nitrogen and oxygen atoms in total. The maximum atomic E-state index is 12.2. The first-order valence-electron chi connectivity index (χ1n) is 8.87. The molecule has 0 fully saturated rings. The fourth-order valence-electron chi connectivity index (χ4n) is 2.61. The highest BCUT2D eigenvalue weighted by atomic mass is 32.2. The van der Waals surface area contributed by atoms with Gasteiger partial charge in [-0.1, -0.05) is 30.0 Å². The van der Waals surface area contributed by atoms with Crippen molar-refractivity contribution in [1.82, 2.24) is 14.8 Å². The molecule has 1 heterocycles. The number of para-hydroxylation sites is 1. The minimum Gasteiger partial charge on any atom is -0.483 e. The molecule has 1 aromatic heterocycles. The summed E-state index contributed by atoms with van der Waals surface area (Å²) in [5.74, 6) is 0.872. The molecule has 0 aliphatic heterocycles. The lowest BCUT2D eigenvalue weighted by Gasteiger charge is -2.14. The summed E-state index contributed by atoms with van der Waals surface area (Å²) in [4.78, 5) is 23.3. The van der Waals surface area contributed by atoms with Gasteiger partial charge in [-0.3, -0.25) is 9.59 Å². The van der Waals surface area contributed by atoms with Crippen LogP contribution in [0, 0.1) is 0 Å². The van der Waals surface area contributed by atoms with Gasteiger partial charge < -0.3 is 20.4 Å². The van der Waals surface area contributed by atoms with Crippen molar-refractivity contribution < 1.29 is 14.3 Å². The minimum atomic E-state index is -0.512. The van der Waals surface area contributed by atoms with Crippen LogP contribution in [0.25, 0.3) is 0 Å². The highest BCUT2D eigenvalue weighted by molar-refractivity contribution is 7.99. The Kier molecular flexibility index (Phi) is 6.50. The quantitative estimate of drug-likeness (QED) is 0.551. The summed E-state index contributed by atoms with van der Waals surface area (Å²) in [5, 5.41) is 11.7. The van der Waals surface area contributed by atoms with Gasteiger partial charge in [0.25, 0.3) is 0 Å². The lowest BCUT2D eigenvalue weighted by molar-refractivity contribution is -0.113. The predicted octanol–water partition coefficient (Wildman–Crippen LogP) is 2.78. The number of aromatic nitrogens is 3. The maximum Gasteiger partial charge on any atom is 0.248 e. The average Bonchev–Trinajstić information content (AvgIpc) is 3.08. The first-order chi connectivity index (χ1) is 13.9. The third-order valence-electron chi connectivity index (χ3n) is 4.07. The Morgan fingerprint density at radius 3 is 2.48 bits per heavy atom. The number of rotatable bonds is 8. The van der Waals surface area contributed by atoms with E-state index in [4.69, 9.17) is 10.5 Å². The molecule has 0 saturated carbocycles. The van der Waals surface area contributed by atoms with Crippen molar-refractivity contribution in [3.63, 3.8) is 0 Å². The third kappa shape index (κ3) is 5.35. The van der Waals surface area contributed by atoms with E-state index in [2.05, 4.69) is 15.5 Å². The van der Waals surface area contributed by atoms with E-state index >= 15 is 0 Å². The Hall–Kier alpha value is -3.33. The Morgan fingerprint density at radius 2 is 1.83 bits per heavy atom. The van der Waals surface area contributed by atoms with E-state index in [1.54, 1.807) is 24.3 Å². The molecule has 0 spiro atoms. The van der Waals surface area contributed by atoms with E-state index in [1.165, 1.54) is 11.8 Å². The summed E-state index contributed by atoms with van der Waals surface area (Å²) >= 11 is 1.27. The SMILES string of the molecule is CC(Oc1ccccc1)c1nnc(SCC(=O)Nc2ccc(C(N)=O)cc2)n1C. The van der Waals surface area contributed by atoms with Crippen LogP contribution in [0.15, 0.2) is 59.8 Å². The van der Waals surface area contributed by atoms with Gasteiger partial charge in [-0.15, -0.1) is 10.2 Å². The van der Waals surface area contributed by atoms with Crippen molar-refractivity contribution in [2.75, 3.05) is 11.1 Å². The summed E-state index contributed by atoms with van der Waals surface area (Å²) < 4.78 is 7.69. The zero-order valence-corrected chi connectivity index (χ0v) is 16.8. The summed E-state index contributed by atoms with van der Waals surface area (Å²) in [6, 6.07) is 15.9. The van der Waals surface area contributed by atoms with Crippen LogP contribution in [0.1, 0.15) is 29.2 Å². The normalized spacial score (nSPS) is 11.7. The van der Waals surface area contributed by atoms with Crippen LogP contribution in [0.3, 0.4) is 0 Å². The maximum absolute atomic E-state index is 12.2. The van der Waals surface area contributed by atoms with Crippen LogP contribution >= 0.6 is 11.8 Å². The number of nitrogens with two attached hydrogens (primary N) is 1. The van der Waals surface area contributed by atoms with Gasteiger partial charge >= 0.3 is 0 Å². The zero-order valence-electron chi connectivity index (χ0n) is 16.0. The van der Waals surface area contributed by atoms with Crippen LogP contribution in [0.4, 0.5) is 5.69 Å². The molecule has 29 heavy (non-hydrogen) atoms. The summed E-state index contributed by atoms with van der Waals surface area (Å²) in [6.07, 6.45) is -0.290. The molecule has 1 atom stereocenters. The second-order valence-corrected chi connectivity index (χ2v) is 7.19. The molecular formula is C20H21N5O3S.